The first-order chi connectivity index (χ1) is 8.18. The van der Waals surface area contributed by atoms with Gasteiger partial charge in [0.25, 0.3) is 0 Å². The van der Waals surface area contributed by atoms with Crippen LogP contribution < -0.4 is 5.73 Å². The Morgan fingerprint density at radius 2 is 2.18 bits per heavy atom. The molecule has 1 aromatic carbocycles. The molecule has 0 unspecified atom stereocenters. The number of rotatable bonds is 1. The van der Waals surface area contributed by atoms with Crippen molar-refractivity contribution in [2.24, 2.45) is 0 Å². The van der Waals surface area contributed by atoms with Crippen molar-refractivity contribution in [2.75, 3.05) is 5.73 Å². The second-order valence-corrected chi connectivity index (χ2v) is 4.56. The molecule has 3 nitrogen and oxygen atoms in total. The van der Waals surface area contributed by atoms with Gasteiger partial charge in [0.2, 0.25) is 0 Å². The number of aromatic nitrogens is 2. The molecule has 17 heavy (non-hydrogen) atoms. The Labute approximate surface area is 103 Å². The van der Waals surface area contributed by atoms with Gasteiger partial charge in [0.1, 0.15) is 11.5 Å². The zero-order chi connectivity index (χ0) is 12.0. The lowest BCUT2D eigenvalue weighted by Gasteiger charge is -2.07. The van der Waals surface area contributed by atoms with Crippen LogP contribution in [0.2, 0.25) is 5.02 Å². The highest BCUT2D eigenvalue weighted by Crippen LogP contribution is 2.30. The second-order valence-electron chi connectivity index (χ2n) is 4.15. The van der Waals surface area contributed by atoms with Crippen LogP contribution >= 0.6 is 11.6 Å². The minimum atomic E-state index is -0.452. The fourth-order valence-electron chi connectivity index (χ4n) is 2.32. The molecule has 0 amide bonds. The van der Waals surface area contributed by atoms with E-state index in [-0.39, 0.29) is 5.02 Å². The number of hydrogen-bond donors (Lipinski definition) is 1. The van der Waals surface area contributed by atoms with Crippen molar-refractivity contribution >= 4 is 17.4 Å². The maximum absolute atomic E-state index is 13.9. The number of nitrogen functional groups attached to an aromatic ring is 1. The first-order valence-corrected chi connectivity index (χ1v) is 5.87. The van der Waals surface area contributed by atoms with Crippen LogP contribution in [0.25, 0.3) is 5.69 Å². The van der Waals surface area contributed by atoms with Gasteiger partial charge in [-0.15, -0.1) is 0 Å². The Balaban J connectivity index is 2.23. The first kappa shape index (κ1) is 10.6. The summed E-state index contributed by atoms with van der Waals surface area (Å²) in [6, 6.07) is 4.89. The van der Waals surface area contributed by atoms with Crippen molar-refractivity contribution in [3.63, 3.8) is 0 Å². The molecule has 1 aliphatic rings. The minimum absolute atomic E-state index is 0.100. The fraction of sp³-hybridized carbons (Fsp3) is 0.250. The van der Waals surface area contributed by atoms with Gasteiger partial charge in [0, 0.05) is 11.3 Å². The summed E-state index contributed by atoms with van der Waals surface area (Å²) < 4.78 is 15.5. The largest absolute Gasteiger partial charge is 0.382 e. The van der Waals surface area contributed by atoms with Crippen LogP contribution in [0.4, 0.5) is 10.2 Å². The van der Waals surface area contributed by atoms with Crippen LogP contribution in [0, 0.1) is 5.82 Å². The predicted molar refractivity (Wildman–Crippen MR) is 65.0 cm³/mol. The molecular weight excluding hydrogens is 241 g/mol. The number of nitrogens with zero attached hydrogens (tertiary/aromatic N) is 2. The van der Waals surface area contributed by atoms with Gasteiger partial charge < -0.3 is 5.73 Å². The van der Waals surface area contributed by atoms with Crippen molar-refractivity contribution in [3.8, 4) is 5.69 Å². The van der Waals surface area contributed by atoms with Gasteiger partial charge in [0.15, 0.2) is 5.82 Å². The first-order valence-electron chi connectivity index (χ1n) is 5.49. The number of benzene rings is 1. The molecule has 0 saturated carbocycles. The highest BCUT2D eigenvalue weighted by atomic mass is 35.5. The quantitative estimate of drug-likeness (QED) is 0.847. The van der Waals surface area contributed by atoms with E-state index in [1.165, 1.54) is 6.07 Å². The number of anilines is 1. The molecule has 5 heteroatoms. The highest BCUT2D eigenvalue weighted by molar-refractivity contribution is 6.30. The zero-order valence-electron chi connectivity index (χ0n) is 9.08. The van der Waals surface area contributed by atoms with E-state index in [9.17, 15) is 4.39 Å². The number of fused-ring (bicyclic) bond motifs is 1. The summed E-state index contributed by atoms with van der Waals surface area (Å²) in [7, 11) is 0. The van der Waals surface area contributed by atoms with Crippen molar-refractivity contribution in [3.05, 3.63) is 40.3 Å². The Bertz CT molecular complexity index is 592. The van der Waals surface area contributed by atoms with Crippen LogP contribution in [0.15, 0.2) is 18.2 Å². The van der Waals surface area contributed by atoms with Crippen molar-refractivity contribution < 1.29 is 4.39 Å². The van der Waals surface area contributed by atoms with Gasteiger partial charge in [-0.2, -0.15) is 5.10 Å². The lowest BCUT2D eigenvalue weighted by Crippen LogP contribution is -2.04. The summed E-state index contributed by atoms with van der Waals surface area (Å²) in [5.74, 6) is 0.0447. The van der Waals surface area contributed by atoms with E-state index < -0.39 is 5.82 Å². The standard InChI is InChI=1S/C12H11ClFN3/c13-8-4-2-6-10(11(8)14)17-9-5-1-3-7(9)12(15)16-17/h2,4,6H,1,3,5H2,(H2,15,16). The summed E-state index contributed by atoms with van der Waals surface area (Å²) in [6.45, 7) is 0. The molecule has 0 aliphatic heterocycles. The van der Waals surface area contributed by atoms with Gasteiger partial charge in [-0.05, 0) is 31.4 Å². The molecule has 1 heterocycles. The lowest BCUT2D eigenvalue weighted by atomic mass is 10.2. The molecule has 0 atom stereocenters. The van der Waals surface area contributed by atoms with E-state index in [0.29, 0.717) is 11.5 Å². The molecule has 2 N–H and O–H groups in total. The number of halogens is 2. The molecule has 2 aromatic rings. The van der Waals surface area contributed by atoms with Gasteiger partial charge in [0.05, 0.1) is 5.02 Å². The molecule has 1 aromatic heterocycles. The fourth-order valence-corrected chi connectivity index (χ4v) is 2.49. The van der Waals surface area contributed by atoms with E-state index >= 15 is 0 Å². The molecule has 3 rings (SSSR count). The Morgan fingerprint density at radius 1 is 1.35 bits per heavy atom. The third-order valence-electron chi connectivity index (χ3n) is 3.12. The smallest absolute Gasteiger partial charge is 0.167 e. The summed E-state index contributed by atoms with van der Waals surface area (Å²) >= 11 is 5.77. The van der Waals surface area contributed by atoms with Crippen molar-refractivity contribution in [1.29, 1.82) is 0 Å². The molecule has 0 bridgehead atoms. The SMILES string of the molecule is Nc1nn(-c2cccc(Cl)c2F)c2c1CCC2. The monoisotopic (exact) mass is 251 g/mol. The topological polar surface area (TPSA) is 43.8 Å². The average Bonchev–Trinajstić information content (AvgIpc) is 2.87. The maximum Gasteiger partial charge on any atom is 0.167 e. The summed E-state index contributed by atoms with van der Waals surface area (Å²) in [4.78, 5) is 0. The molecule has 88 valence electrons. The van der Waals surface area contributed by atoms with E-state index in [1.807, 2.05) is 0 Å². The molecule has 0 spiro atoms. The van der Waals surface area contributed by atoms with Crippen LogP contribution in [-0.4, -0.2) is 9.78 Å². The Morgan fingerprint density at radius 3 is 3.00 bits per heavy atom. The zero-order valence-corrected chi connectivity index (χ0v) is 9.84. The van der Waals surface area contributed by atoms with Crippen LogP contribution in [-0.2, 0) is 12.8 Å². The average molecular weight is 252 g/mol. The lowest BCUT2D eigenvalue weighted by molar-refractivity contribution is 0.607. The third-order valence-corrected chi connectivity index (χ3v) is 3.41. The predicted octanol–water partition coefficient (Wildman–Crippen LogP) is 2.74. The second kappa shape index (κ2) is 3.74. The highest BCUT2D eigenvalue weighted by Gasteiger charge is 2.23. The molecular formula is C12H11ClFN3. The molecule has 0 radical (unpaired) electrons. The molecule has 0 saturated heterocycles. The van der Waals surface area contributed by atoms with E-state index in [4.69, 9.17) is 17.3 Å². The summed E-state index contributed by atoms with van der Waals surface area (Å²) in [6.07, 6.45) is 2.84. The van der Waals surface area contributed by atoms with Crippen LogP contribution in [0.5, 0.6) is 0 Å². The number of hydrogen-bond acceptors (Lipinski definition) is 2. The summed E-state index contributed by atoms with van der Waals surface area (Å²) in [5, 5.41) is 4.30. The maximum atomic E-state index is 13.9. The van der Waals surface area contributed by atoms with E-state index in [1.54, 1.807) is 16.8 Å². The van der Waals surface area contributed by atoms with Gasteiger partial charge in [-0.1, -0.05) is 17.7 Å². The van der Waals surface area contributed by atoms with E-state index in [0.717, 1.165) is 30.5 Å². The van der Waals surface area contributed by atoms with Gasteiger partial charge >= 0.3 is 0 Å². The van der Waals surface area contributed by atoms with Gasteiger partial charge in [-0.25, -0.2) is 9.07 Å². The third kappa shape index (κ3) is 1.52. The van der Waals surface area contributed by atoms with E-state index in [2.05, 4.69) is 5.10 Å². The summed E-state index contributed by atoms with van der Waals surface area (Å²) in [5.41, 5.74) is 8.25. The van der Waals surface area contributed by atoms with Crippen molar-refractivity contribution in [1.82, 2.24) is 9.78 Å². The molecule has 0 fully saturated rings. The molecule has 1 aliphatic carbocycles. The van der Waals surface area contributed by atoms with Crippen LogP contribution in [0.1, 0.15) is 17.7 Å². The Hall–Kier alpha value is -1.55. The van der Waals surface area contributed by atoms with Crippen molar-refractivity contribution in [2.45, 2.75) is 19.3 Å². The van der Waals surface area contributed by atoms with Crippen LogP contribution in [0.3, 0.4) is 0 Å². The van der Waals surface area contributed by atoms with Gasteiger partial charge in [-0.3, -0.25) is 0 Å². The Kier molecular flexibility index (Phi) is 2.33. The minimum Gasteiger partial charge on any atom is -0.382 e. The normalized spacial score (nSPS) is 14.0. The number of nitrogens with two attached hydrogens (primary N) is 1.